The Morgan fingerprint density at radius 1 is 0.222 bits per heavy atom. The molecule has 0 N–H and O–H groups in total. The highest BCUT2D eigenvalue weighted by atomic mass is 16.6. The standard InChI is InChI=1S/C51H104O3/c1-4-7-10-13-16-19-22-25-28-31-34-37-40-43-46-52-49-51(54-48-45-42-39-36-33-30-27-24-21-18-15-12-9-6-3)50-53-47-44-41-38-35-32-29-26-23-20-17-14-11-8-5-2/h51H,4-50H2,1-3H3. The number of ether oxygens (including phenoxy) is 3. The van der Waals surface area contributed by atoms with Crippen molar-refractivity contribution in [1.82, 2.24) is 0 Å². The Bertz CT molecular complexity index is 588. The van der Waals surface area contributed by atoms with E-state index in [1.165, 1.54) is 270 Å². The van der Waals surface area contributed by atoms with Gasteiger partial charge in [-0.25, -0.2) is 0 Å². The Hall–Kier alpha value is -0.120. The SMILES string of the molecule is CCCCCCCCCCCCCCCCOCC(COCCCCCCCCCCCCCCCC)OCCCCCCCCCCCCCCCC. The summed E-state index contributed by atoms with van der Waals surface area (Å²) in [4.78, 5) is 0. The van der Waals surface area contributed by atoms with Gasteiger partial charge in [0.1, 0.15) is 6.10 Å². The monoisotopic (exact) mass is 765 g/mol. The molecular weight excluding hydrogens is 661 g/mol. The summed E-state index contributed by atoms with van der Waals surface area (Å²) in [5.41, 5.74) is 0. The van der Waals surface area contributed by atoms with E-state index in [0.29, 0.717) is 13.2 Å². The maximum atomic E-state index is 6.35. The van der Waals surface area contributed by atoms with Crippen LogP contribution in [0.25, 0.3) is 0 Å². The van der Waals surface area contributed by atoms with E-state index in [4.69, 9.17) is 14.2 Å². The average Bonchev–Trinajstić information content (AvgIpc) is 3.18. The van der Waals surface area contributed by atoms with Crippen molar-refractivity contribution in [3.8, 4) is 0 Å². The molecule has 0 saturated carbocycles. The highest BCUT2D eigenvalue weighted by molar-refractivity contribution is 4.58. The molecule has 3 heteroatoms. The summed E-state index contributed by atoms with van der Waals surface area (Å²) in [6.45, 7) is 10.9. The van der Waals surface area contributed by atoms with Crippen LogP contribution in [0.1, 0.15) is 290 Å². The first-order chi connectivity index (χ1) is 26.8. The van der Waals surface area contributed by atoms with Gasteiger partial charge in [-0.05, 0) is 19.3 Å². The minimum atomic E-state index is 0.0882. The quantitative estimate of drug-likeness (QED) is 0.0577. The Balaban J connectivity index is 3.94. The molecule has 0 aromatic carbocycles. The van der Waals surface area contributed by atoms with Crippen LogP contribution >= 0.6 is 0 Å². The fourth-order valence-corrected chi connectivity index (χ4v) is 7.92. The van der Waals surface area contributed by atoms with E-state index in [-0.39, 0.29) is 6.10 Å². The molecule has 0 amide bonds. The summed E-state index contributed by atoms with van der Waals surface area (Å²) in [6.07, 6.45) is 58.8. The summed E-state index contributed by atoms with van der Waals surface area (Å²) in [7, 11) is 0. The lowest BCUT2D eigenvalue weighted by atomic mass is 10.0. The van der Waals surface area contributed by atoms with Crippen molar-refractivity contribution in [3.63, 3.8) is 0 Å². The number of rotatable bonds is 50. The topological polar surface area (TPSA) is 27.7 Å². The third-order valence-corrected chi connectivity index (χ3v) is 11.7. The molecular formula is C51H104O3. The van der Waals surface area contributed by atoms with Crippen LogP contribution < -0.4 is 0 Å². The lowest BCUT2D eigenvalue weighted by Gasteiger charge is -2.18. The fourth-order valence-electron chi connectivity index (χ4n) is 7.92. The Kier molecular flexibility index (Phi) is 50.8. The molecule has 0 atom stereocenters. The smallest absolute Gasteiger partial charge is 0.104 e. The Morgan fingerprint density at radius 2 is 0.407 bits per heavy atom. The van der Waals surface area contributed by atoms with Crippen LogP contribution in [0.5, 0.6) is 0 Å². The molecule has 0 aliphatic rings. The molecule has 0 rings (SSSR count). The fraction of sp³-hybridized carbons (Fsp3) is 1.00. The molecule has 0 radical (unpaired) electrons. The van der Waals surface area contributed by atoms with E-state index in [0.717, 1.165) is 19.8 Å². The van der Waals surface area contributed by atoms with Gasteiger partial charge >= 0.3 is 0 Å². The molecule has 0 heterocycles. The number of hydrogen-bond donors (Lipinski definition) is 0. The Labute approximate surface area is 342 Å². The van der Waals surface area contributed by atoms with Crippen molar-refractivity contribution in [2.24, 2.45) is 0 Å². The van der Waals surface area contributed by atoms with Crippen molar-refractivity contribution in [3.05, 3.63) is 0 Å². The summed E-state index contributed by atoms with van der Waals surface area (Å²) in [6, 6.07) is 0. The van der Waals surface area contributed by atoms with Crippen LogP contribution in [-0.4, -0.2) is 39.1 Å². The lowest BCUT2D eigenvalue weighted by Crippen LogP contribution is -2.26. The van der Waals surface area contributed by atoms with Crippen molar-refractivity contribution in [2.75, 3.05) is 33.0 Å². The van der Waals surface area contributed by atoms with Crippen molar-refractivity contribution in [2.45, 2.75) is 297 Å². The van der Waals surface area contributed by atoms with Gasteiger partial charge in [0.25, 0.3) is 0 Å². The van der Waals surface area contributed by atoms with E-state index in [1.807, 2.05) is 0 Å². The second-order valence-electron chi connectivity index (χ2n) is 17.4. The molecule has 54 heavy (non-hydrogen) atoms. The Morgan fingerprint density at radius 3 is 0.630 bits per heavy atom. The highest BCUT2D eigenvalue weighted by Crippen LogP contribution is 2.16. The normalized spacial score (nSPS) is 11.8. The molecule has 0 saturated heterocycles. The molecule has 0 aromatic heterocycles. The van der Waals surface area contributed by atoms with Crippen LogP contribution in [0.4, 0.5) is 0 Å². The zero-order valence-electron chi connectivity index (χ0n) is 38.0. The van der Waals surface area contributed by atoms with Gasteiger partial charge in [-0.3, -0.25) is 0 Å². The molecule has 0 unspecified atom stereocenters. The van der Waals surface area contributed by atoms with Crippen molar-refractivity contribution in [1.29, 1.82) is 0 Å². The van der Waals surface area contributed by atoms with Gasteiger partial charge in [-0.15, -0.1) is 0 Å². The molecule has 0 spiro atoms. The largest absolute Gasteiger partial charge is 0.379 e. The third kappa shape index (κ3) is 48.0. The highest BCUT2D eigenvalue weighted by Gasteiger charge is 2.10. The maximum absolute atomic E-state index is 6.35. The van der Waals surface area contributed by atoms with Gasteiger partial charge < -0.3 is 14.2 Å². The summed E-state index contributed by atoms with van der Waals surface area (Å²) in [5, 5.41) is 0. The molecule has 326 valence electrons. The van der Waals surface area contributed by atoms with E-state index in [1.54, 1.807) is 0 Å². The van der Waals surface area contributed by atoms with Crippen LogP contribution in [0, 0.1) is 0 Å². The summed E-state index contributed by atoms with van der Waals surface area (Å²) in [5.74, 6) is 0. The van der Waals surface area contributed by atoms with E-state index in [2.05, 4.69) is 20.8 Å². The first-order valence-corrected chi connectivity index (χ1v) is 25.6. The predicted octanol–water partition coefficient (Wildman–Crippen LogP) is 17.8. The summed E-state index contributed by atoms with van der Waals surface area (Å²) < 4.78 is 18.7. The molecule has 0 aliphatic carbocycles. The number of unbranched alkanes of at least 4 members (excludes halogenated alkanes) is 39. The van der Waals surface area contributed by atoms with E-state index in [9.17, 15) is 0 Å². The first kappa shape index (κ1) is 53.9. The second kappa shape index (κ2) is 50.9. The summed E-state index contributed by atoms with van der Waals surface area (Å²) >= 11 is 0. The molecule has 0 fully saturated rings. The molecule has 3 nitrogen and oxygen atoms in total. The van der Waals surface area contributed by atoms with Crippen LogP contribution in [0.3, 0.4) is 0 Å². The lowest BCUT2D eigenvalue weighted by molar-refractivity contribution is -0.0616. The zero-order valence-corrected chi connectivity index (χ0v) is 38.0. The zero-order chi connectivity index (χ0) is 38.9. The van der Waals surface area contributed by atoms with Crippen LogP contribution in [0.15, 0.2) is 0 Å². The van der Waals surface area contributed by atoms with Gasteiger partial charge in [-0.1, -0.05) is 271 Å². The molecule has 0 aromatic rings. The third-order valence-electron chi connectivity index (χ3n) is 11.7. The predicted molar refractivity (Wildman–Crippen MR) is 242 cm³/mol. The minimum Gasteiger partial charge on any atom is -0.379 e. The second-order valence-corrected chi connectivity index (χ2v) is 17.4. The molecule has 0 aliphatic heterocycles. The van der Waals surface area contributed by atoms with Crippen LogP contribution in [0.2, 0.25) is 0 Å². The first-order valence-electron chi connectivity index (χ1n) is 25.6. The average molecular weight is 765 g/mol. The van der Waals surface area contributed by atoms with E-state index < -0.39 is 0 Å². The minimum absolute atomic E-state index is 0.0882. The van der Waals surface area contributed by atoms with Crippen molar-refractivity contribution < 1.29 is 14.2 Å². The van der Waals surface area contributed by atoms with Gasteiger partial charge in [0, 0.05) is 19.8 Å². The van der Waals surface area contributed by atoms with Crippen molar-refractivity contribution >= 4 is 0 Å². The van der Waals surface area contributed by atoms with Gasteiger partial charge in [0.15, 0.2) is 0 Å². The van der Waals surface area contributed by atoms with Gasteiger partial charge in [0.05, 0.1) is 13.2 Å². The maximum Gasteiger partial charge on any atom is 0.104 e. The van der Waals surface area contributed by atoms with Crippen LogP contribution in [-0.2, 0) is 14.2 Å². The van der Waals surface area contributed by atoms with Gasteiger partial charge in [0.2, 0.25) is 0 Å². The number of hydrogen-bond acceptors (Lipinski definition) is 3. The van der Waals surface area contributed by atoms with E-state index >= 15 is 0 Å². The van der Waals surface area contributed by atoms with Gasteiger partial charge in [-0.2, -0.15) is 0 Å². The molecule has 0 bridgehead atoms.